The maximum atomic E-state index is 5.71. The van der Waals surface area contributed by atoms with Gasteiger partial charge in [0.15, 0.2) is 0 Å². The number of ether oxygens (including phenoxy) is 1. The van der Waals surface area contributed by atoms with Gasteiger partial charge in [0.05, 0.1) is 12.3 Å². The number of aromatic nitrogens is 2. The van der Waals surface area contributed by atoms with E-state index in [1.165, 1.54) is 33.5 Å². The molecule has 0 amide bonds. The van der Waals surface area contributed by atoms with Gasteiger partial charge in [0.2, 0.25) is 0 Å². The first kappa shape index (κ1) is 14.1. The number of fused-ring (bicyclic) bond motifs is 1. The van der Waals surface area contributed by atoms with Crippen molar-refractivity contribution in [3.63, 3.8) is 0 Å². The summed E-state index contributed by atoms with van der Waals surface area (Å²) < 4.78 is 7.92. The zero-order valence-corrected chi connectivity index (χ0v) is 13.8. The van der Waals surface area contributed by atoms with E-state index in [1.807, 2.05) is 18.3 Å². The molecule has 0 unspecified atom stereocenters. The van der Waals surface area contributed by atoms with Crippen molar-refractivity contribution in [3.8, 4) is 22.8 Å². The number of imidazole rings is 1. The molecule has 0 radical (unpaired) electrons. The topological polar surface area (TPSA) is 27.1 Å². The minimum Gasteiger partial charge on any atom is -0.493 e. The highest BCUT2D eigenvalue weighted by atomic mass is 16.5. The Bertz CT molecular complexity index is 869. The third-order valence-electron chi connectivity index (χ3n) is 4.50. The van der Waals surface area contributed by atoms with Crippen LogP contribution in [0.2, 0.25) is 0 Å². The van der Waals surface area contributed by atoms with Crippen LogP contribution in [0.4, 0.5) is 0 Å². The lowest BCUT2D eigenvalue weighted by molar-refractivity contribution is 0.357. The van der Waals surface area contributed by atoms with Crippen LogP contribution in [0.15, 0.2) is 42.7 Å². The Morgan fingerprint density at radius 2 is 1.87 bits per heavy atom. The molecule has 2 aromatic carbocycles. The Kier molecular flexibility index (Phi) is 3.22. The molecule has 0 fully saturated rings. The summed E-state index contributed by atoms with van der Waals surface area (Å²) >= 11 is 0. The minimum atomic E-state index is 0.760. The summed E-state index contributed by atoms with van der Waals surface area (Å²) in [7, 11) is 0. The van der Waals surface area contributed by atoms with Crippen LogP contribution in [0.5, 0.6) is 5.75 Å². The molecule has 1 aliphatic rings. The van der Waals surface area contributed by atoms with Crippen LogP contribution in [-0.2, 0) is 6.42 Å². The second-order valence-corrected chi connectivity index (χ2v) is 6.25. The van der Waals surface area contributed by atoms with Gasteiger partial charge in [0.1, 0.15) is 11.6 Å². The molecule has 3 aromatic rings. The number of hydrogen-bond acceptors (Lipinski definition) is 2. The van der Waals surface area contributed by atoms with Crippen molar-refractivity contribution in [3.05, 3.63) is 65.0 Å². The van der Waals surface area contributed by atoms with Crippen LogP contribution >= 0.6 is 0 Å². The fraction of sp³-hybridized carbons (Fsp3) is 0.250. The Labute approximate surface area is 136 Å². The van der Waals surface area contributed by atoms with Crippen LogP contribution in [0.1, 0.15) is 22.3 Å². The first-order valence-electron chi connectivity index (χ1n) is 8.02. The van der Waals surface area contributed by atoms with Crippen LogP contribution in [-0.4, -0.2) is 16.2 Å². The van der Waals surface area contributed by atoms with Crippen LogP contribution in [0, 0.1) is 20.8 Å². The summed E-state index contributed by atoms with van der Waals surface area (Å²) in [6.45, 7) is 7.23. The van der Waals surface area contributed by atoms with Crippen molar-refractivity contribution in [1.29, 1.82) is 0 Å². The molecule has 116 valence electrons. The summed E-state index contributed by atoms with van der Waals surface area (Å²) in [5.41, 5.74) is 7.49. The van der Waals surface area contributed by atoms with E-state index in [4.69, 9.17) is 4.74 Å². The molecule has 23 heavy (non-hydrogen) atoms. The van der Waals surface area contributed by atoms with Crippen molar-refractivity contribution in [2.75, 3.05) is 6.61 Å². The van der Waals surface area contributed by atoms with E-state index < -0.39 is 0 Å². The standard InChI is InChI=1S/C20H20N2O/c1-13-11-14(2)19(15(3)12-13)22-9-8-21-20(22)17-5-4-6-18-16(17)7-10-23-18/h4-6,8-9,11-12H,7,10H2,1-3H3. The first-order valence-corrected chi connectivity index (χ1v) is 8.02. The van der Waals surface area contributed by atoms with Gasteiger partial charge >= 0.3 is 0 Å². The van der Waals surface area contributed by atoms with Crippen LogP contribution in [0.3, 0.4) is 0 Å². The van der Waals surface area contributed by atoms with Crippen LogP contribution < -0.4 is 4.74 Å². The average Bonchev–Trinajstić information content (AvgIpc) is 3.14. The predicted octanol–water partition coefficient (Wildman–Crippen LogP) is 4.40. The molecule has 0 spiro atoms. The molecule has 0 N–H and O–H groups in total. The molecular weight excluding hydrogens is 284 g/mol. The van der Waals surface area contributed by atoms with E-state index in [-0.39, 0.29) is 0 Å². The van der Waals surface area contributed by atoms with E-state index in [2.05, 4.69) is 54.7 Å². The molecule has 0 saturated carbocycles. The third-order valence-corrected chi connectivity index (χ3v) is 4.50. The fourth-order valence-electron chi connectivity index (χ4n) is 3.67. The molecule has 4 rings (SSSR count). The Hall–Kier alpha value is -2.55. The van der Waals surface area contributed by atoms with Gasteiger partial charge in [-0.1, -0.05) is 29.8 Å². The Balaban J connectivity index is 1.93. The zero-order chi connectivity index (χ0) is 16.0. The molecule has 3 nitrogen and oxygen atoms in total. The molecule has 0 bridgehead atoms. The van der Waals surface area contributed by atoms with Crippen molar-refractivity contribution in [1.82, 2.24) is 9.55 Å². The summed E-state index contributed by atoms with van der Waals surface area (Å²) in [5.74, 6) is 1.98. The van der Waals surface area contributed by atoms with Gasteiger partial charge in [-0.25, -0.2) is 4.98 Å². The Morgan fingerprint density at radius 3 is 2.65 bits per heavy atom. The van der Waals surface area contributed by atoms with E-state index in [1.54, 1.807) is 0 Å². The third kappa shape index (κ3) is 2.24. The summed E-state index contributed by atoms with van der Waals surface area (Å²) in [6.07, 6.45) is 4.88. The lowest BCUT2D eigenvalue weighted by atomic mass is 10.0. The normalized spacial score (nSPS) is 13.0. The van der Waals surface area contributed by atoms with Gasteiger partial charge in [0, 0.05) is 29.9 Å². The largest absolute Gasteiger partial charge is 0.493 e. The van der Waals surface area contributed by atoms with Gasteiger partial charge in [-0.15, -0.1) is 0 Å². The average molecular weight is 304 g/mol. The quantitative estimate of drug-likeness (QED) is 0.701. The second-order valence-electron chi connectivity index (χ2n) is 6.25. The first-order chi connectivity index (χ1) is 11.1. The molecule has 0 atom stereocenters. The van der Waals surface area contributed by atoms with Gasteiger partial charge in [0.25, 0.3) is 0 Å². The van der Waals surface area contributed by atoms with Crippen molar-refractivity contribution < 1.29 is 4.74 Å². The van der Waals surface area contributed by atoms with E-state index in [0.717, 1.165) is 24.6 Å². The molecular formula is C20H20N2O. The number of benzene rings is 2. The lowest BCUT2D eigenvalue weighted by Crippen LogP contribution is -2.03. The fourth-order valence-corrected chi connectivity index (χ4v) is 3.67. The molecule has 0 saturated heterocycles. The zero-order valence-electron chi connectivity index (χ0n) is 13.8. The SMILES string of the molecule is Cc1cc(C)c(-n2ccnc2-c2cccc3c2CCO3)c(C)c1. The minimum absolute atomic E-state index is 0.760. The number of aryl methyl sites for hydroxylation is 3. The smallest absolute Gasteiger partial charge is 0.144 e. The summed E-state index contributed by atoms with van der Waals surface area (Å²) in [4.78, 5) is 4.65. The van der Waals surface area contributed by atoms with E-state index >= 15 is 0 Å². The highest BCUT2D eigenvalue weighted by Crippen LogP contribution is 2.35. The van der Waals surface area contributed by atoms with Crippen molar-refractivity contribution in [2.24, 2.45) is 0 Å². The highest BCUT2D eigenvalue weighted by molar-refractivity contribution is 5.68. The summed E-state index contributed by atoms with van der Waals surface area (Å²) in [5, 5.41) is 0. The van der Waals surface area contributed by atoms with Gasteiger partial charge in [-0.05, 0) is 38.0 Å². The van der Waals surface area contributed by atoms with E-state index in [9.17, 15) is 0 Å². The predicted molar refractivity (Wildman–Crippen MR) is 92.4 cm³/mol. The van der Waals surface area contributed by atoms with Crippen molar-refractivity contribution >= 4 is 0 Å². The monoisotopic (exact) mass is 304 g/mol. The Morgan fingerprint density at radius 1 is 1.09 bits per heavy atom. The van der Waals surface area contributed by atoms with Gasteiger partial charge in [-0.2, -0.15) is 0 Å². The second kappa shape index (κ2) is 5.27. The van der Waals surface area contributed by atoms with Crippen molar-refractivity contribution in [2.45, 2.75) is 27.2 Å². The summed E-state index contributed by atoms with van der Waals surface area (Å²) in [6, 6.07) is 10.7. The lowest BCUT2D eigenvalue weighted by Gasteiger charge is -2.16. The van der Waals surface area contributed by atoms with Crippen LogP contribution in [0.25, 0.3) is 17.1 Å². The van der Waals surface area contributed by atoms with E-state index in [0.29, 0.717) is 0 Å². The van der Waals surface area contributed by atoms with Gasteiger partial charge in [-0.3, -0.25) is 4.57 Å². The number of rotatable bonds is 2. The highest BCUT2D eigenvalue weighted by Gasteiger charge is 2.20. The molecule has 0 aliphatic carbocycles. The molecule has 1 aliphatic heterocycles. The number of nitrogens with zero attached hydrogens (tertiary/aromatic N) is 2. The number of hydrogen-bond donors (Lipinski definition) is 0. The maximum Gasteiger partial charge on any atom is 0.144 e. The molecule has 2 heterocycles. The molecule has 3 heteroatoms. The molecule has 1 aromatic heterocycles. The van der Waals surface area contributed by atoms with Gasteiger partial charge < -0.3 is 4.74 Å². The maximum absolute atomic E-state index is 5.71.